The normalized spacial score (nSPS) is 15.6. The van der Waals surface area contributed by atoms with Gasteiger partial charge in [-0.25, -0.2) is 13.7 Å². The fourth-order valence-electron chi connectivity index (χ4n) is 14.4. The second kappa shape index (κ2) is 23.5. The van der Waals surface area contributed by atoms with Crippen LogP contribution in [0.5, 0.6) is 0 Å². The van der Waals surface area contributed by atoms with Crippen molar-refractivity contribution in [3.8, 4) is 33.8 Å². The first-order valence-corrected chi connectivity index (χ1v) is 32.4. The minimum Gasteiger partial charge on any atom is -0.456 e. The molecule has 0 N–H and O–H groups in total. The Hall–Kier alpha value is -9.39. The average Bonchev–Trinajstić information content (AvgIpc) is 1.53. The van der Waals surface area contributed by atoms with Crippen molar-refractivity contribution in [3.63, 3.8) is 0 Å². The summed E-state index contributed by atoms with van der Waals surface area (Å²) in [4.78, 5) is 0. The predicted octanol–water partition coefficient (Wildman–Crippen LogP) is 21.5. The molecule has 0 unspecified atom stereocenters. The number of benzene rings is 9. The molecule has 0 amide bonds. The minimum absolute atomic E-state index is 0.110. The summed E-state index contributed by atoms with van der Waals surface area (Å²) in [5, 5.41) is 14.1. The summed E-state index contributed by atoms with van der Waals surface area (Å²) in [6.45, 7) is 10.3. The molecular formula is C84H80N3O3+3. The SMILES string of the molecule is [2H]C([2H])(c1cc[n+](C)c(-c2cc3oc4cc5ccccc5cc4c3cc2C)c1)C(C)C.[2H]C1(c2cc[n+](C)c(-c3cc4oc5cc6ccccc6cc5c4cc3C)c2)CCCC1.[2H]C1(c2cc[n+](C)c(-c3cc4oc5cc6ccccc6cc5c4cc3C)c2)CCCCC1. The fraction of sp³-hybridized carbons (Fsp3) is 0.250. The first-order chi connectivity index (χ1) is 45.3. The Balaban J connectivity index is 0.000000116. The van der Waals surface area contributed by atoms with E-state index in [0.717, 1.165) is 151 Å². The highest BCUT2D eigenvalue weighted by Gasteiger charge is 2.25. The summed E-state index contributed by atoms with van der Waals surface area (Å²) in [6.07, 6.45) is 14.5. The van der Waals surface area contributed by atoms with Gasteiger partial charge in [0.15, 0.2) is 18.6 Å². The molecule has 9 aromatic carbocycles. The average molecular weight is 1180 g/mol. The number of hydrogen-bond donors (Lipinski definition) is 0. The Morgan fingerprint density at radius 2 is 0.678 bits per heavy atom. The standard InChI is InChI=1S/C29H28NO.C28H26NO.C27H26NO/c1-19-14-25-26-15-21-10-6-7-11-22(21)17-28(26)31-29(25)18-24(19)27-16-23(12-13-30(27)2)20-8-4-3-5-9-20;1-18-13-24-25-14-20-9-5-6-10-21(20)16-27(25)30-28(24)17-23(18)26-15-22(11-12-29(26)2)19-7-3-4-8-19;1-17(2)11-19-9-10-28(4)25(13-19)22-16-27-23(12-18(22)3)24-14-20-7-5-6-8-21(20)15-26(24)29-27/h6-7,10-18,20H,3-5,8-9H2,1-2H3;5-6,9-17,19H,3-4,7-8H2,1-2H3;5-10,12-17H,11H2,1-4H3/q3*+1/i20D;19D;11D2. The number of aryl methyl sites for hydroxylation is 6. The van der Waals surface area contributed by atoms with Crippen LogP contribution in [-0.2, 0) is 27.5 Å². The lowest BCUT2D eigenvalue weighted by Gasteiger charge is -2.21. The molecule has 446 valence electrons. The largest absolute Gasteiger partial charge is 0.456 e. The van der Waals surface area contributed by atoms with Gasteiger partial charge < -0.3 is 13.3 Å². The smallest absolute Gasteiger partial charge is 0.212 e. The van der Waals surface area contributed by atoms with Gasteiger partial charge in [-0.1, -0.05) is 119 Å². The van der Waals surface area contributed by atoms with Crippen molar-refractivity contribution >= 4 is 98.1 Å². The number of fused-ring (bicyclic) bond motifs is 12. The maximum Gasteiger partial charge on any atom is 0.212 e. The second-order valence-corrected chi connectivity index (χ2v) is 25.9. The van der Waals surface area contributed by atoms with Gasteiger partial charge >= 0.3 is 0 Å². The highest BCUT2D eigenvalue weighted by atomic mass is 16.3. The minimum atomic E-state index is -1.39. The molecule has 2 fully saturated rings. The highest BCUT2D eigenvalue weighted by Crippen LogP contribution is 2.42. The molecular weight excluding hydrogens is 1100 g/mol. The summed E-state index contributed by atoms with van der Waals surface area (Å²) in [6, 6.07) is 64.0. The van der Waals surface area contributed by atoms with E-state index in [1.807, 2.05) is 49.9 Å². The van der Waals surface area contributed by atoms with Crippen molar-refractivity contribution in [2.75, 3.05) is 0 Å². The van der Waals surface area contributed by atoms with Crippen molar-refractivity contribution in [3.05, 3.63) is 234 Å². The quantitative estimate of drug-likeness (QED) is 0.149. The first-order valence-electron chi connectivity index (χ1n) is 34.4. The van der Waals surface area contributed by atoms with Crippen molar-refractivity contribution in [2.24, 2.45) is 27.1 Å². The molecule has 17 rings (SSSR count). The van der Waals surface area contributed by atoms with Crippen LogP contribution in [0, 0.1) is 26.7 Å². The van der Waals surface area contributed by atoms with Crippen molar-refractivity contribution < 1.29 is 32.4 Å². The Morgan fingerprint density at radius 1 is 0.378 bits per heavy atom. The molecule has 2 saturated carbocycles. The van der Waals surface area contributed by atoms with Gasteiger partial charge in [0.25, 0.3) is 0 Å². The summed E-state index contributed by atoms with van der Waals surface area (Å²) >= 11 is 0. The highest BCUT2D eigenvalue weighted by molar-refractivity contribution is 6.13. The molecule has 90 heavy (non-hydrogen) atoms. The van der Waals surface area contributed by atoms with Gasteiger partial charge in [0, 0.05) is 74.2 Å². The molecule has 0 saturated heterocycles. The van der Waals surface area contributed by atoms with Crippen LogP contribution in [0.1, 0.15) is 122 Å². The van der Waals surface area contributed by atoms with Gasteiger partial charge in [-0.05, 0) is 209 Å². The van der Waals surface area contributed by atoms with Crippen molar-refractivity contribution in [1.29, 1.82) is 0 Å². The van der Waals surface area contributed by atoms with E-state index in [1.165, 1.54) is 66.4 Å². The third kappa shape index (κ3) is 10.8. The Labute approximate surface area is 533 Å². The number of rotatable bonds is 7. The van der Waals surface area contributed by atoms with E-state index < -0.39 is 18.2 Å². The van der Waals surface area contributed by atoms with E-state index in [1.54, 1.807) is 0 Å². The zero-order valence-electron chi connectivity index (χ0n) is 57.1. The topological polar surface area (TPSA) is 51.1 Å². The molecule has 0 spiro atoms. The van der Waals surface area contributed by atoms with Gasteiger partial charge in [-0.15, -0.1) is 0 Å². The first kappa shape index (κ1) is 52.5. The van der Waals surface area contributed by atoms with Crippen LogP contribution in [0.2, 0.25) is 0 Å². The number of aromatic nitrogens is 3. The van der Waals surface area contributed by atoms with E-state index in [-0.39, 0.29) is 5.92 Å². The second-order valence-electron chi connectivity index (χ2n) is 25.9. The van der Waals surface area contributed by atoms with Gasteiger partial charge in [0.05, 0.1) is 16.7 Å². The van der Waals surface area contributed by atoms with Crippen LogP contribution in [0.3, 0.4) is 0 Å². The number of hydrogen-bond acceptors (Lipinski definition) is 3. The third-order valence-corrected chi connectivity index (χ3v) is 19.3. The van der Waals surface area contributed by atoms with Gasteiger partial charge in [0.2, 0.25) is 17.1 Å². The Bertz CT molecular complexity index is 5300. The lowest BCUT2D eigenvalue weighted by atomic mass is 9.84. The molecule has 6 heterocycles. The van der Waals surface area contributed by atoms with E-state index in [2.05, 4.69) is 220 Å². The molecule has 6 aromatic heterocycles. The molecule has 2 aliphatic carbocycles. The number of nitrogens with zero attached hydrogens (tertiary/aromatic N) is 3. The summed E-state index contributed by atoms with van der Waals surface area (Å²) in [5.41, 5.74) is 18.6. The third-order valence-electron chi connectivity index (χ3n) is 19.3. The van der Waals surface area contributed by atoms with Crippen LogP contribution in [0.15, 0.2) is 214 Å². The van der Waals surface area contributed by atoms with Crippen molar-refractivity contribution in [2.45, 2.75) is 111 Å². The van der Waals surface area contributed by atoms with Crippen LogP contribution in [-0.4, -0.2) is 0 Å². The molecule has 6 heteroatoms. The molecule has 0 atom stereocenters. The summed E-state index contributed by atoms with van der Waals surface area (Å²) in [7, 11) is 6.17. The van der Waals surface area contributed by atoms with Crippen LogP contribution in [0.25, 0.3) is 132 Å². The molecule has 2 aliphatic rings. The maximum atomic E-state index is 9.09. The Morgan fingerprint density at radius 3 is 1.03 bits per heavy atom. The zero-order valence-corrected chi connectivity index (χ0v) is 53.1. The lowest BCUT2D eigenvalue weighted by Crippen LogP contribution is -2.31. The van der Waals surface area contributed by atoms with E-state index in [4.69, 9.17) is 18.7 Å². The van der Waals surface area contributed by atoms with Crippen molar-refractivity contribution in [1.82, 2.24) is 0 Å². The van der Waals surface area contributed by atoms with Gasteiger partial charge in [-0.3, -0.25) is 0 Å². The molecule has 0 bridgehead atoms. The van der Waals surface area contributed by atoms with Crippen LogP contribution in [0.4, 0.5) is 0 Å². The van der Waals surface area contributed by atoms with E-state index in [9.17, 15) is 0 Å². The van der Waals surface area contributed by atoms with E-state index >= 15 is 0 Å². The zero-order chi connectivity index (χ0) is 64.9. The van der Waals surface area contributed by atoms with Gasteiger partial charge in [0.1, 0.15) is 54.6 Å². The van der Waals surface area contributed by atoms with Gasteiger partial charge in [-0.2, -0.15) is 0 Å². The summed E-state index contributed by atoms with van der Waals surface area (Å²) < 4.78 is 60.4. The van der Waals surface area contributed by atoms with Crippen LogP contribution < -0.4 is 13.7 Å². The maximum absolute atomic E-state index is 9.09. The fourth-order valence-corrected chi connectivity index (χ4v) is 14.4. The monoisotopic (exact) mass is 1180 g/mol. The molecule has 0 aliphatic heterocycles. The molecule has 0 radical (unpaired) electrons. The van der Waals surface area contributed by atoms with E-state index in [0.29, 0.717) is 5.56 Å². The van der Waals surface area contributed by atoms with Crippen LogP contribution >= 0.6 is 0 Å². The summed E-state index contributed by atoms with van der Waals surface area (Å²) in [5.74, 6) is -1.01. The lowest BCUT2D eigenvalue weighted by molar-refractivity contribution is -0.660. The molecule has 6 nitrogen and oxygen atoms in total. The number of pyridine rings is 3. The molecule has 15 aromatic rings. The predicted molar refractivity (Wildman–Crippen MR) is 373 cm³/mol. The Kier molecular flexibility index (Phi) is 13.7. The number of furan rings is 3.